The number of benzene rings is 2. The first-order chi connectivity index (χ1) is 14.0. The summed E-state index contributed by atoms with van der Waals surface area (Å²) in [5.74, 6) is -0.370. The molecule has 0 saturated carbocycles. The van der Waals surface area contributed by atoms with Gasteiger partial charge in [0.15, 0.2) is 17.7 Å². The van der Waals surface area contributed by atoms with Crippen LogP contribution in [0.15, 0.2) is 58.2 Å². The van der Waals surface area contributed by atoms with Crippen LogP contribution in [-0.4, -0.2) is 21.9 Å². The number of thioether (sulfide) groups is 1. The molecule has 29 heavy (non-hydrogen) atoms. The molecular weight excluding hydrogens is 395 g/mol. The molecule has 0 radical (unpaired) electrons. The fourth-order valence-corrected chi connectivity index (χ4v) is 2.92. The quantitative estimate of drug-likeness (QED) is 0.555. The lowest BCUT2D eigenvalue weighted by atomic mass is 10.1. The third-order valence-electron chi connectivity index (χ3n) is 3.76. The molecule has 0 aliphatic rings. The lowest BCUT2D eigenvalue weighted by molar-refractivity contribution is -0.113. The molecule has 9 heteroatoms. The summed E-state index contributed by atoms with van der Waals surface area (Å²) in [6.07, 6.45) is -0.322. The van der Waals surface area contributed by atoms with Crippen LogP contribution in [-0.2, 0) is 11.2 Å². The largest absolute Gasteiger partial charge is 0.478 e. The highest BCUT2D eigenvalue weighted by atomic mass is 32.2. The number of aromatic nitrogens is 2. The summed E-state index contributed by atoms with van der Waals surface area (Å²) in [5.41, 5.74) is 1.51. The van der Waals surface area contributed by atoms with Crippen LogP contribution in [0.1, 0.15) is 24.5 Å². The van der Waals surface area contributed by atoms with Crippen molar-refractivity contribution in [3.8, 4) is 11.8 Å². The second-order valence-corrected chi connectivity index (χ2v) is 6.89. The number of ether oxygens (including phenoxy) is 1. The Kier molecular flexibility index (Phi) is 6.81. The number of nitriles is 1. The number of hydrogen-bond donors (Lipinski definition) is 1. The lowest BCUT2D eigenvalue weighted by Gasteiger charge is -2.11. The number of rotatable bonds is 8. The normalized spacial score (nSPS) is 11.5. The molecule has 148 valence electrons. The van der Waals surface area contributed by atoms with Crippen molar-refractivity contribution in [3.63, 3.8) is 0 Å². The molecule has 0 aliphatic heterocycles. The number of anilines is 1. The zero-order valence-corrected chi connectivity index (χ0v) is 16.3. The number of nitrogens with one attached hydrogen (secondary N) is 1. The minimum atomic E-state index is -0.644. The average molecular weight is 412 g/mol. The van der Waals surface area contributed by atoms with Gasteiger partial charge in [-0.3, -0.25) is 4.79 Å². The van der Waals surface area contributed by atoms with E-state index in [0.29, 0.717) is 12.1 Å². The predicted octanol–water partition coefficient (Wildman–Crippen LogP) is 4.15. The van der Waals surface area contributed by atoms with Crippen molar-refractivity contribution in [2.75, 3.05) is 11.1 Å². The SMILES string of the molecule is C[C@@H](Oc1ccccc1F)c1nnc(SCC(=O)Nc2ccc(CC#N)cc2)o1. The first kappa shape index (κ1) is 20.4. The van der Waals surface area contributed by atoms with Crippen LogP contribution in [0.3, 0.4) is 0 Å². The van der Waals surface area contributed by atoms with Crippen LogP contribution in [0, 0.1) is 17.1 Å². The minimum absolute atomic E-state index is 0.0735. The van der Waals surface area contributed by atoms with Crippen LogP contribution < -0.4 is 10.1 Å². The zero-order valence-electron chi connectivity index (χ0n) is 15.5. The van der Waals surface area contributed by atoms with E-state index in [2.05, 4.69) is 21.6 Å². The van der Waals surface area contributed by atoms with Gasteiger partial charge in [0.25, 0.3) is 11.1 Å². The Morgan fingerprint density at radius 3 is 2.76 bits per heavy atom. The van der Waals surface area contributed by atoms with Gasteiger partial charge >= 0.3 is 0 Å². The van der Waals surface area contributed by atoms with E-state index < -0.39 is 11.9 Å². The average Bonchev–Trinajstić information content (AvgIpc) is 3.19. The fourth-order valence-electron chi connectivity index (χ4n) is 2.35. The highest BCUT2D eigenvalue weighted by Crippen LogP contribution is 2.25. The van der Waals surface area contributed by atoms with E-state index in [4.69, 9.17) is 14.4 Å². The van der Waals surface area contributed by atoms with E-state index >= 15 is 0 Å². The van der Waals surface area contributed by atoms with Gasteiger partial charge in [0.1, 0.15) is 0 Å². The van der Waals surface area contributed by atoms with Gasteiger partial charge in [-0.25, -0.2) is 4.39 Å². The Morgan fingerprint density at radius 1 is 1.28 bits per heavy atom. The van der Waals surface area contributed by atoms with Crippen LogP contribution in [0.4, 0.5) is 10.1 Å². The topological polar surface area (TPSA) is 101 Å². The Bertz CT molecular complexity index is 1020. The molecule has 7 nitrogen and oxygen atoms in total. The minimum Gasteiger partial charge on any atom is -0.478 e. The van der Waals surface area contributed by atoms with E-state index in [-0.39, 0.29) is 28.5 Å². The number of para-hydroxylation sites is 1. The molecule has 1 N–H and O–H groups in total. The van der Waals surface area contributed by atoms with Crippen molar-refractivity contribution in [3.05, 3.63) is 65.8 Å². The van der Waals surface area contributed by atoms with Gasteiger partial charge in [-0.1, -0.05) is 36.0 Å². The lowest BCUT2D eigenvalue weighted by Crippen LogP contribution is -2.13. The van der Waals surface area contributed by atoms with E-state index in [9.17, 15) is 9.18 Å². The Balaban J connectivity index is 1.50. The molecule has 3 aromatic rings. The van der Waals surface area contributed by atoms with Crippen molar-refractivity contribution >= 4 is 23.4 Å². The molecule has 0 bridgehead atoms. The van der Waals surface area contributed by atoms with E-state index in [0.717, 1.165) is 17.3 Å². The van der Waals surface area contributed by atoms with Crippen molar-refractivity contribution in [2.24, 2.45) is 0 Å². The maximum atomic E-state index is 13.7. The number of carbonyl (C=O) groups excluding carboxylic acids is 1. The van der Waals surface area contributed by atoms with E-state index in [1.165, 1.54) is 12.1 Å². The number of halogens is 1. The van der Waals surface area contributed by atoms with Crippen LogP contribution in [0.2, 0.25) is 0 Å². The third-order valence-corrected chi connectivity index (χ3v) is 4.58. The molecule has 1 amide bonds. The predicted molar refractivity (Wildman–Crippen MR) is 105 cm³/mol. The van der Waals surface area contributed by atoms with E-state index in [1.54, 1.807) is 43.3 Å². The molecular formula is C20H17FN4O3S. The summed E-state index contributed by atoms with van der Waals surface area (Å²) in [6, 6.07) is 15.2. The molecule has 1 atom stereocenters. The summed E-state index contributed by atoms with van der Waals surface area (Å²) < 4.78 is 24.6. The summed E-state index contributed by atoms with van der Waals surface area (Å²) in [5, 5.41) is 19.4. The van der Waals surface area contributed by atoms with Gasteiger partial charge in [0, 0.05) is 5.69 Å². The van der Waals surface area contributed by atoms with Gasteiger partial charge in [-0.2, -0.15) is 5.26 Å². The van der Waals surface area contributed by atoms with Gasteiger partial charge in [0.2, 0.25) is 5.91 Å². The molecule has 0 unspecified atom stereocenters. The fraction of sp³-hybridized carbons (Fsp3) is 0.200. The van der Waals surface area contributed by atoms with Crippen molar-refractivity contribution in [1.82, 2.24) is 10.2 Å². The third kappa shape index (κ3) is 5.80. The zero-order chi connectivity index (χ0) is 20.6. The number of hydrogen-bond acceptors (Lipinski definition) is 7. The van der Waals surface area contributed by atoms with Crippen LogP contribution >= 0.6 is 11.8 Å². The molecule has 0 spiro atoms. The summed E-state index contributed by atoms with van der Waals surface area (Å²) in [7, 11) is 0. The van der Waals surface area contributed by atoms with Gasteiger partial charge < -0.3 is 14.5 Å². The Morgan fingerprint density at radius 2 is 2.03 bits per heavy atom. The highest BCUT2D eigenvalue weighted by Gasteiger charge is 2.18. The van der Waals surface area contributed by atoms with Crippen molar-refractivity contribution in [1.29, 1.82) is 5.26 Å². The van der Waals surface area contributed by atoms with Crippen molar-refractivity contribution < 1.29 is 18.3 Å². The monoisotopic (exact) mass is 412 g/mol. The Labute approximate surface area is 170 Å². The molecule has 0 fully saturated rings. The van der Waals surface area contributed by atoms with Crippen LogP contribution in [0.5, 0.6) is 5.75 Å². The molecule has 1 aromatic heterocycles. The second kappa shape index (κ2) is 9.71. The number of amides is 1. The number of nitrogens with zero attached hydrogens (tertiary/aromatic N) is 3. The van der Waals surface area contributed by atoms with Gasteiger partial charge in [-0.15, -0.1) is 10.2 Å². The molecule has 1 heterocycles. The summed E-state index contributed by atoms with van der Waals surface area (Å²) in [4.78, 5) is 12.1. The number of carbonyl (C=O) groups is 1. The molecule has 3 rings (SSSR count). The second-order valence-electron chi connectivity index (χ2n) is 5.97. The molecule has 0 saturated heterocycles. The standard InChI is InChI=1S/C20H17FN4O3S/c1-13(27-17-5-3-2-4-16(17)21)19-24-25-20(28-19)29-12-18(26)23-15-8-6-14(7-9-15)10-11-22/h2-9,13H,10,12H2,1H3,(H,23,26)/t13-/m1/s1. The first-order valence-electron chi connectivity index (χ1n) is 8.68. The Hall–Kier alpha value is -3.38. The highest BCUT2D eigenvalue weighted by molar-refractivity contribution is 7.99. The first-order valence-corrected chi connectivity index (χ1v) is 9.67. The van der Waals surface area contributed by atoms with E-state index in [1.807, 2.05) is 0 Å². The van der Waals surface area contributed by atoms with Gasteiger partial charge in [0.05, 0.1) is 18.2 Å². The van der Waals surface area contributed by atoms with Crippen LogP contribution in [0.25, 0.3) is 0 Å². The summed E-state index contributed by atoms with van der Waals surface area (Å²) in [6.45, 7) is 1.66. The van der Waals surface area contributed by atoms with Crippen molar-refractivity contribution in [2.45, 2.75) is 24.7 Å². The maximum absolute atomic E-state index is 13.7. The summed E-state index contributed by atoms with van der Waals surface area (Å²) >= 11 is 1.08. The maximum Gasteiger partial charge on any atom is 0.277 e. The molecule has 2 aromatic carbocycles. The smallest absolute Gasteiger partial charge is 0.277 e. The van der Waals surface area contributed by atoms with Gasteiger partial charge in [-0.05, 0) is 36.8 Å². The molecule has 0 aliphatic carbocycles.